The van der Waals surface area contributed by atoms with E-state index in [1.807, 2.05) is 43.3 Å². The van der Waals surface area contributed by atoms with Crippen molar-refractivity contribution in [2.24, 2.45) is 0 Å². The molecule has 0 atom stereocenters. The number of sulfonamides is 1. The van der Waals surface area contributed by atoms with Crippen LogP contribution in [-0.2, 0) is 16.6 Å². The third kappa shape index (κ3) is 5.50. The predicted molar refractivity (Wildman–Crippen MR) is 137 cm³/mol. The minimum absolute atomic E-state index is 0. The van der Waals surface area contributed by atoms with Crippen molar-refractivity contribution in [3.05, 3.63) is 81.2 Å². The van der Waals surface area contributed by atoms with Crippen molar-refractivity contribution >= 4 is 50.9 Å². The normalized spacial score (nSPS) is 15.5. The van der Waals surface area contributed by atoms with E-state index >= 15 is 0 Å². The van der Waals surface area contributed by atoms with Gasteiger partial charge in [-0.15, -0.1) is 12.4 Å². The zero-order valence-corrected chi connectivity index (χ0v) is 20.7. The van der Waals surface area contributed by atoms with Crippen LogP contribution >= 0.6 is 24.0 Å². The molecule has 0 radical (unpaired) electrons. The lowest BCUT2D eigenvalue weighted by Crippen LogP contribution is -2.34. The van der Waals surface area contributed by atoms with Crippen LogP contribution in [0.15, 0.2) is 64.4 Å². The molecule has 1 aliphatic heterocycles. The lowest BCUT2D eigenvalue weighted by molar-refractivity contribution is 0.432. The van der Waals surface area contributed by atoms with Crippen LogP contribution in [0.25, 0.3) is 16.8 Å². The summed E-state index contributed by atoms with van der Waals surface area (Å²) in [6, 6.07) is 12.4. The van der Waals surface area contributed by atoms with E-state index in [2.05, 4.69) is 5.32 Å². The number of allylic oxidation sites excluding steroid dienone is 1. The molecule has 2 aromatic carbocycles. The van der Waals surface area contributed by atoms with Gasteiger partial charge in [-0.2, -0.15) is 4.31 Å². The monoisotopic (exact) mass is 507 g/mol. The van der Waals surface area contributed by atoms with Crippen molar-refractivity contribution in [2.45, 2.75) is 24.8 Å². The highest BCUT2D eigenvalue weighted by Gasteiger charge is 2.28. The standard InChI is InChI=1S/C24H26ClN3O3S.ClH/c1-18-17-27(14-3-5-19-8-10-20(25)11-9-19)24(29)21-6-2-7-22(23(18)21)32(30,31)28-15-4-12-26-13-16-28;/h2-3,5-11,17,26H,4,12-16H2,1H3;1H/b5-3+;. The number of aryl methyl sites for hydroxylation is 1. The zero-order valence-electron chi connectivity index (χ0n) is 18.3. The van der Waals surface area contributed by atoms with Gasteiger partial charge < -0.3 is 9.88 Å². The number of hydrogen-bond donors (Lipinski definition) is 1. The number of fused-ring (bicyclic) bond motifs is 1. The average Bonchev–Trinajstić information content (AvgIpc) is 3.08. The summed E-state index contributed by atoms with van der Waals surface area (Å²) in [5, 5.41) is 4.82. The van der Waals surface area contributed by atoms with Crippen LogP contribution in [-0.4, -0.2) is 43.5 Å². The molecule has 1 fully saturated rings. The Kier molecular flexibility index (Phi) is 8.37. The van der Waals surface area contributed by atoms with Crippen molar-refractivity contribution in [2.75, 3.05) is 26.2 Å². The maximum Gasteiger partial charge on any atom is 0.258 e. The van der Waals surface area contributed by atoms with Crippen LogP contribution in [0, 0.1) is 6.92 Å². The molecular formula is C24H27Cl2N3O3S. The van der Waals surface area contributed by atoms with E-state index in [0.717, 1.165) is 24.1 Å². The van der Waals surface area contributed by atoms with Crippen LogP contribution in [0.4, 0.5) is 0 Å². The molecule has 176 valence electrons. The SMILES string of the molecule is Cc1cn(C/C=C/c2ccc(Cl)cc2)c(=O)c2cccc(S(=O)(=O)N3CCCNCC3)c12.Cl. The molecule has 9 heteroatoms. The van der Waals surface area contributed by atoms with Crippen molar-refractivity contribution in [3.8, 4) is 0 Å². The van der Waals surface area contributed by atoms with Gasteiger partial charge in [0.15, 0.2) is 0 Å². The van der Waals surface area contributed by atoms with Gasteiger partial charge in [0, 0.05) is 48.2 Å². The molecule has 1 aliphatic rings. The quantitative estimate of drug-likeness (QED) is 0.564. The Labute approximate surface area is 205 Å². The number of nitrogens with one attached hydrogen (secondary N) is 1. The smallest absolute Gasteiger partial charge is 0.258 e. The van der Waals surface area contributed by atoms with E-state index in [9.17, 15) is 13.2 Å². The van der Waals surface area contributed by atoms with Gasteiger partial charge in [0.2, 0.25) is 10.0 Å². The third-order valence-electron chi connectivity index (χ3n) is 5.66. The van der Waals surface area contributed by atoms with Gasteiger partial charge in [0.25, 0.3) is 5.56 Å². The Balaban J connectivity index is 0.00000306. The number of nitrogens with zero attached hydrogens (tertiary/aromatic N) is 2. The molecule has 3 aromatic rings. The van der Waals surface area contributed by atoms with Crippen LogP contribution < -0.4 is 10.9 Å². The highest BCUT2D eigenvalue weighted by atomic mass is 35.5. The third-order valence-corrected chi connectivity index (χ3v) is 7.85. The summed E-state index contributed by atoms with van der Waals surface area (Å²) >= 11 is 5.92. The topological polar surface area (TPSA) is 71.4 Å². The summed E-state index contributed by atoms with van der Waals surface area (Å²) in [6.07, 6.45) is 6.33. The lowest BCUT2D eigenvalue weighted by atomic mass is 10.1. The lowest BCUT2D eigenvalue weighted by Gasteiger charge is -2.21. The van der Waals surface area contributed by atoms with Crippen LogP contribution in [0.2, 0.25) is 5.02 Å². The van der Waals surface area contributed by atoms with Gasteiger partial charge in [0.1, 0.15) is 0 Å². The highest BCUT2D eigenvalue weighted by Crippen LogP contribution is 2.27. The van der Waals surface area contributed by atoms with Crippen LogP contribution in [0.3, 0.4) is 0 Å². The molecule has 1 saturated heterocycles. The molecular weight excluding hydrogens is 481 g/mol. The Morgan fingerprint density at radius 2 is 1.85 bits per heavy atom. The van der Waals surface area contributed by atoms with Gasteiger partial charge in [-0.1, -0.05) is 42.0 Å². The molecule has 0 saturated carbocycles. The fourth-order valence-corrected chi connectivity index (χ4v) is 5.94. The summed E-state index contributed by atoms with van der Waals surface area (Å²) in [7, 11) is -3.70. The number of halogens is 2. The first-order valence-electron chi connectivity index (χ1n) is 10.6. The second-order valence-electron chi connectivity index (χ2n) is 7.91. The van der Waals surface area contributed by atoms with Gasteiger partial charge in [-0.25, -0.2) is 8.42 Å². The molecule has 1 N–H and O–H groups in total. The van der Waals surface area contributed by atoms with Crippen molar-refractivity contribution in [1.29, 1.82) is 0 Å². The van der Waals surface area contributed by atoms with E-state index in [0.29, 0.717) is 42.0 Å². The largest absolute Gasteiger partial charge is 0.315 e. The Bertz CT molecular complexity index is 1310. The molecule has 0 aliphatic carbocycles. The summed E-state index contributed by atoms with van der Waals surface area (Å²) in [5.41, 5.74) is 1.54. The number of benzene rings is 2. The second-order valence-corrected chi connectivity index (χ2v) is 10.3. The molecule has 0 unspecified atom stereocenters. The van der Waals surface area contributed by atoms with Crippen molar-refractivity contribution in [3.63, 3.8) is 0 Å². The number of pyridine rings is 1. The number of hydrogen-bond acceptors (Lipinski definition) is 4. The average molecular weight is 508 g/mol. The summed E-state index contributed by atoms with van der Waals surface area (Å²) in [4.78, 5) is 13.4. The predicted octanol–water partition coefficient (Wildman–Crippen LogP) is 4.08. The molecule has 4 rings (SSSR count). The van der Waals surface area contributed by atoms with E-state index in [4.69, 9.17) is 11.6 Å². The zero-order chi connectivity index (χ0) is 22.7. The Hall–Kier alpha value is -2.16. The molecule has 0 spiro atoms. The van der Waals surface area contributed by atoms with Crippen LogP contribution in [0.1, 0.15) is 17.5 Å². The molecule has 33 heavy (non-hydrogen) atoms. The van der Waals surface area contributed by atoms with E-state index in [-0.39, 0.29) is 22.9 Å². The van der Waals surface area contributed by atoms with Crippen molar-refractivity contribution in [1.82, 2.24) is 14.2 Å². The minimum atomic E-state index is -3.70. The highest BCUT2D eigenvalue weighted by molar-refractivity contribution is 7.89. The van der Waals surface area contributed by atoms with Gasteiger partial charge >= 0.3 is 0 Å². The van der Waals surface area contributed by atoms with Gasteiger partial charge in [-0.3, -0.25) is 4.79 Å². The van der Waals surface area contributed by atoms with Gasteiger partial charge in [-0.05, 0) is 55.3 Å². The Morgan fingerprint density at radius 3 is 2.61 bits per heavy atom. The second kappa shape index (κ2) is 10.8. The first-order chi connectivity index (χ1) is 15.4. The maximum atomic E-state index is 13.4. The van der Waals surface area contributed by atoms with Crippen molar-refractivity contribution < 1.29 is 8.42 Å². The summed E-state index contributed by atoms with van der Waals surface area (Å²) in [5.74, 6) is 0. The number of rotatable bonds is 5. The van der Waals surface area contributed by atoms with E-state index in [1.165, 1.54) is 4.31 Å². The first-order valence-corrected chi connectivity index (χ1v) is 12.5. The minimum Gasteiger partial charge on any atom is -0.315 e. The molecule has 0 bridgehead atoms. The van der Waals surface area contributed by atoms with E-state index < -0.39 is 10.0 Å². The van der Waals surface area contributed by atoms with E-state index in [1.54, 1.807) is 29.0 Å². The maximum absolute atomic E-state index is 13.4. The molecule has 1 aromatic heterocycles. The Morgan fingerprint density at radius 1 is 1.09 bits per heavy atom. The molecule has 0 amide bonds. The van der Waals surface area contributed by atoms with Crippen LogP contribution in [0.5, 0.6) is 0 Å². The summed E-state index contributed by atoms with van der Waals surface area (Å²) in [6.45, 7) is 4.55. The summed E-state index contributed by atoms with van der Waals surface area (Å²) < 4.78 is 30.0. The van der Waals surface area contributed by atoms with Gasteiger partial charge in [0.05, 0.1) is 4.90 Å². The fourth-order valence-electron chi connectivity index (χ4n) is 4.05. The molecule has 6 nitrogen and oxygen atoms in total. The fraction of sp³-hybridized carbons (Fsp3) is 0.292. The molecule has 2 heterocycles. The number of aromatic nitrogens is 1. The first kappa shape index (κ1) is 25.5.